The van der Waals surface area contributed by atoms with Crippen LogP contribution in [0.5, 0.6) is 0 Å². The van der Waals surface area contributed by atoms with E-state index in [4.69, 9.17) is 4.74 Å². The van der Waals surface area contributed by atoms with E-state index in [1.54, 1.807) is 0 Å². The number of likely N-dealkylation sites (N-methyl/N-ethyl adjacent to an activating group) is 3. The van der Waals surface area contributed by atoms with Crippen LogP contribution in [0.25, 0.3) is 0 Å². The van der Waals surface area contributed by atoms with E-state index in [0.29, 0.717) is 0 Å². The summed E-state index contributed by atoms with van der Waals surface area (Å²) < 4.78 is 5.10. The van der Waals surface area contributed by atoms with E-state index in [1.165, 1.54) is 104 Å². The first kappa shape index (κ1) is 43.2. The second-order valence-electron chi connectivity index (χ2n) is 10.6. The monoisotopic (exact) mass is 561 g/mol. The van der Waals surface area contributed by atoms with Crippen molar-refractivity contribution >= 4 is 0 Å². The fourth-order valence-corrected chi connectivity index (χ4v) is 3.96. The first-order chi connectivity index (χ1) is 18.9. The van der Waals surface area contributed by atoms with Crippen molar-refractivity contribution < 1.29 is 4.74 Å². The maximum Gasteiger partial charge on any atom is 0.0594 e. The highest BCUT2D eigenvalue weighted by molar-refractivity contribution is 4.64. The maximum absolute atomic E-state index is 5.10. The molecule has 0 atom stereocenters. The average molecular weight is 561 g/mol. The smallest absolute Gasteiger partial charge is 0.0594 e. The van der Waals surface area contributed by atoms with Crippen LogP contribution in [-0.2, 0) is 4.74 Å². The zero-order valence-corrected chi connectivity index (χ0v) is 29.2. The van der Waals surface area contributed by atoms with Gasteiger partial charge in [-0.25, -0.2) is 0 Å². The van der Waals surface area contributed by atoms with Gasteiger partial charge in [-0.05, 0) is 114 Å². The van der Waals surface area contributed by atoms with Crippen molar-refractivity contribution in [2.24, 2.45) is 0 Å². The Labute approximate surface area is 248 Å². The van der Waals surface area contributed by atoms with Gasteiger partial charge in [0.1, 0.15) is 0 Å². The molecule has 0 N–H and O–H groups in total. The van der Waals surface area contributed by atoms with Gasteiger partial charge >= 0.3 is 0 Å². The van der Waals surface area contributed by atoms with E-state index in [0.717, 1.165) is 26.3 Å². The Morgan fingerprint density at radius 1 is 0.282 bits per heavy atom. The van der Waals surface area contributed by atoms with Crippen LogP contribution in [0.4, 0.5) is 0 Å². The molecule has 0 aliphatic carbocycles. The molecule has 7 heteroatoms. The van der Waals surface area contributed by atoms with Gasteiger partial charge < -0.3 is 34.1 Å². The third kappa shape index (κ3) is 32.1. The topological polar surface area (TPSA) is 28.7 Å². The van der Waals surface area contributed by atoms with E-state index in [2.05, 4.69) is 71.7 Å². The second-order valence-corrected chi connectivity index (χ2v) is 10.6. The van der Waals surface area contributed by atoms with Gasteiger partial charge in [0.05, 0.1) is 13.2 Å². The van der Waals surface area contributed by atoms with Crippen molar-refractivity contribution in [3.05, 3.63) is 0 Å². The molecule has 0 unspecified atom stereocenters. The summed E-state index contributed by atoms with van der Waals surface area (Å²) in [6.07, 6.45) is 8.51. The minimum atomic E-state index is 0.913. The highest BCUT2D eigenvalue weighted by Gasteiger charge is 2.08. The third-order valence-electron chi connectivity index (χ3n) is 6.95. The van der Waals surface area contributed by atoms with Crippen LogP contribution in [0.1, 0.15) is 80.1 Å². The summed E-state index contributed by atoms with van der Waals surface area (Å²) >= 11 is 0. The first-order valence-corrected chi connectivity index (χ1v) is 16.6. The van der Waals surface area contributed by atoms with Gasteiger partial charge in [0, 0.05) is 39.3 Å². The van der Waals surface area contributed by atoms with Crippen LogP contribution in [0.3, 0.4) is 0 Å². The molecule has 39 heavy (non-hydrogen) atoms. The molecular weight excluding hydrogens is 484 g/mol. The van der Waals surface area contributed by atoms with Gasteiger partial charge in [0.25, 0.3) is 0 Å². The maximum atomic E-state index is 5.10. The summed E-state index contributed by atoms with van der Waals surface area (Å²) in [5.41, 5.74) is 0. The Kier molecular flexibility index (Phi) is 37.6. The SMILES string of the molecule is CC.CC.CC.CN1CCC1.CN1CCCC1.CN1CCCCC1.CN1CCN(C)CC1.CN1CCOCC1. The molecule has 5 fully saturated rings. The molecule has 5 rings (SSSR count). The predicted octanol–water partition coefficient (Wildman–Crippen LogP) is 5.03. The van der Waals surface area contributed by atoms with Crippen LogP contribution in [0, 0.1) is 0 Å². The van der Waals surface area contributed by atoms with Crippen molar-refractivity contribution in [3.8, 4) is 0 Å². The molecule has 0 amide bonds. The standard InChI is InChI=1S/C6H14N2.C6H13N.C5H11NO.C5H11N.C4H9N.3C2H6/c1-7-3-5-8(2)6-4-7;1-7-5-3-2-4-6-7;1-6-2-4-7-5-3-6;1-6-4-2-3-5-6;1-5-3-2-4-5;3*1-2/h3-6H2,1-2H3;2-6H2,1H3;2-5H2,1H3;2-5H2,1H3;2-4H2,1H3;3*1-2H3. The normalized spacial score (nSPS) is 22.2. The third-order valence-corrected chi connectivity index (χ3v) is 6.95. The molecule has 5 heterocycles. The average Bonchev–Trinajstić information content (AvgIpc) is 3.46. The minimum Gasteiger partial charge on any atom is -0.379 e. The van der Waals surface area contributed by atoms with Crippen molar-refractivity contribution in [2.75, 3.05) is 134 Å². The lowest BCUT2D eigenvalue weighted by molar-refractivity contribution is 0.0503. The second kappa shape index (κ2) is 33.9. The van der Waals surface area contributed by atoms with Crippen LogP contribution < -0.4 is 0 Å². The molecule has 5 aliphatic heterocycles. The Hall–Kier alpha value is -0.280. The number of ether oxygens (including phenoxy) is 1. The number of rotatable bonds is 0. The van der Waals surface area contributed by atoms with Gasteiger partial charge in [-0.3, -0.25) is 0 Å². The van der Waals surface area contributed by atoms with Crippen molar-refractivity contribution in [2.45, 2.75) is 80.1 Å². The van der Waals surface area contributed by atoms with Gasteiger partial charge in [-0.1, -0.05) is 48.0 Å². The van der Waals surface area contributed by atoms with Crippen molar-refractivity contribution in [1.82, 2.24) is 29.4 Å². The molecule has 0 aromatic rings. The van der Waals surface area contributed by atoms with E-state index in [9.17, 15) is 0 Å². The summed E-state index contributed by atoms with van der Waals surface area (Å²) in [7, 11) is 13.0. The fraction of sp³-hybridized carbons (Fsp3) is 1.00. The van der Waals surface area contributed by atoms with Gasteiger partial charge in [0.15, 0.2) is 0 Å². The summed E-state index contributed by atoms with van der Waals surface area (Å²) in [5, 5.41) is 0. The van der Waals surface area contributed by atoms with Crippen LogP contribution >= 0.6 is 0 Å². The zero-order valence-electron chi connectivity index (χ0n) is 29.2. The quantitative estimate of drug-likeness (QED) is 0.411. The molecule has 0 radical (unpaired) electrons. The van der Waals surface area contributed by atoms with E-state index in [1.807, 2.05) is 41.5 Å². The van der Waals surface area contributed by atoms with Gasteiger partial charge in [-0.2, -0.15) is 0 Å². The van der Waals surface area contributed by atoms with Crippen LogP contribution in [-0.4, -0.2) is 163 Å². The Balaban J connectivity index is -0.000000398. The lowest BCUT2D eigenvalue weighted by Gasteiger charge is -2.28. The van der Waals surface area contributed by atoms with Crippen molar-refractivity contribution in [3.63, 3.8) is 0 Å². The number of nitrogens with zero attached hydrogens (tertiary/aromatic N) is 6. The number of hydrogen-bond donors (Lipinski definition) is 0. The molecule has 0 saturated carbocycles. The molecule has 0 spiro atoms. The lowest BCUT2D eigenvalue weighted by Crippen LogP contribution is -2.42. The summed E-state index contributed by atoms with van der Waals surface area (Å²) in [5.74, 6) is 0. The molecule has 0 aromatic heterocycles. The molecule has 0 bridgehead atoms. The summed E-state index contributed by atoms with van der Waals surface area (Å²) in [6.45, 7) is 28.9. The Morgan fingerprint density at radius 2 is 0.513 bits per heavy atom. The molecular formula is C32H76N6O. The van der Waals surface area contributed by atoms with E-state index >= 15 is 0 Å². The highest BCUT2D eigenvalue weighted by atomic mass is 16.5. The molecule has 240 valence electrons. The molecule has 5 saturated heterocycles. The number of likely N-dealkylation sites (tertiary alicyclic amines) is 3. The van der Waals surface area contributed by atoms with Gasteiger partial charge in [-0.15, -0.1) is 0 Å². The Bertz CT molecular complexity index is 387. The number of hydrogen-bond acceptors (Lipinski definition) is 7. The molecule has 0 aromatic carbocycles. The van der Waals surface area contributed by atoms with Crippen LogP contribution in [0.2, 0.25) is 0 Å². The number of piperidine rings is 1. The number of piperazine rings is 1. The van der Waals surface area contributed by atoms with E-state index < -0.39 is 0 Å². The zero-order chi connectivity index (χ0) is 30.3. The summed E-state index contributed by atoms with van der Waals surface area (Å²) in [4.78, 5) is 14.0. The largest absolute Gasteiger partial charge is 0.379 e. The van der Waals surface area contributed by atoms with Crippen LogP contribution in [0.15, 0.2) is 0 Å². The predicted molar refractivity (Wildman–Crippen MR) is 178 cm³/mol. The summed E-state index contributed by atoms with van der Waals surface area (Å²) in [6, 6.07) is 0. The molecule has 7 nitrogen and oxygen atoms in total. The van der Waals surface area contributed by atoms with Gasteiger partial charge in [0.2, 0.25) is 0 Å². The first-order valence-electron chi connectivity index (χ1n) is 16.6. The Morgan fingerprint density at radius 3 is 0.667 bits per heavy atom. The van der Waals surface area contributed by atoms with Crippen molar-refractivity contribution in [1.29, 1.82) is 0 Å². The minimum absolute atomic E-state index is 0.913. The number of morpholine rings is 1. The lowest BCUT2D eigenvalue weighted by atomic mass is 10.1. The van der Waals surface area contributed by atoms with E-state index in [-0.39, 0.29) is 0 Å². The highest BCUT2D eigenvalue weighted by Crippen LogP contribution is 2.04. The molecule has 5 aliphatic rings. The fourth-order valence-electron chi connectivity index (χ4n) is 3.96.